The van der Waals surface area contributed by atoms with Gasteiger partial charge in [-0.05, 0) is 32.2 Å². The van der Waals surface area contributed by atoms with Crippen LogP contribution in [-0.2, 0) is 25.6 Å². The van der Waals surface area contributed by atoms with Crippen molar-refractivity contribution in [2.24, 2.45) is 5.73 Å². The van der Waals surface area contributed by atoms with Crippen LogP contribution in [0.4, 0.5) is 0 Å². The van der Waals surface area contributed by atoms with E-state index in [4.69, 9.17) is 5.73 Å². The van der Waals surface area contributed by atoms with Gasteiger partial charge < -0.3 is 31.8 Å². The predicted molar refractivity (Wildman–Crippen MR) is 160 cm³/mol. The van der Waals surface area contributed by atoms with E-state index in [0.717, 1.165) is 19.3 Å². The predicted octanol–water partition coefficient (Wildman–Crippen LogP) is 3.73. The molecule has 0 aromatic carbocycles. The van der Waals surface area contributed by atoms with Gasteiger partial charge in [0.15, 0.2) is 0 Å². The van der Waals surface area contributed by atoms with Crippen molar-refractivity contribution in [3.8, 4) is 0 Å². The van der Waals surface area contributed by atoms with Crippen molar-refractivity contribution >= 4 is 23.7 Å². The van der Waals surface area contributed by atoms with Gasteiger partial charge in [0.2, 0.25) is 17.7 Å². The molecule has 11 nitrogen and oxygen atoms in total. The molecule has 11 heteroatoms. The Morgan fingerprint density at radius 3 is 1.98 bits per heavy atom. The Bertz CT molecular complexity index is 848. The van der Waals surface area contributed by atoms with Crippen LogP contribution in [-0.4, -0.2) is 63.9 Å². The number of aromatic amines is 1. The van der Waals surface area contributed by atoms with Gasteiger partial charge in [-0.1, -0.05) is 84.0 Å². The van der Waals surface area contributed by atoms with Gasteiger partial charge in [-0.2, -0.15) is 0 Å². The van der Waals surface area contributed by atoms with Gasteiger partial charge in [-0.3, -0.25) is 14.4 Å². The van der Waals surface area contributed by atoms with Gasteiger partial charge in [0.25, 0.3) is 0 Å². The number of H-pyrrole nitrogens is 1. The first-order chi connectivity index (χ1) is 19.9. The van der Waals surface area contributed by atoms with Crippen molar-refractivity contribution in [1.29, 1.82) is 0 Å². The molecule has 0 aliphatic rings. The number of carbonyl (C=O) groups is 4. The number of unbranched alkanes of at least 4 members (excludes halogenated alkanes) is 13. The summed E-state index contributed by atoms with van der Waals surface area (Å²) in [7, 11) is 0. The van der Waals surface area contributed by atoms with Gasteiger partial charge in [-0.25, -0.2) is 9.78 Å². The SMILES string of the molecule is CCCCCCCCCCCCCCCC(=O)NCC(=O)NC(Cc1c[nH]cn1)C(=O)NC(CCCCN)C(=O)O. The van der Waals surface area contributed by atoms with Crippen molar-refractivity contribution in [1.82, 2.24) is 25.9 Å². The first-order valence-corrected chi connectivity index (χ1v) is 15.6. The molecule has 0 bridgehead atoms. The number of nitrogens with zero attached hydrogens (tertiary/aromatic N) is 1. The summed E-state index contributed by atoms with van der Waals surface area (Å²) in [6, 6.07) is -2.13. The number of carbonyl (C=O) groups excluding carboxylic acids is 3. The minimum atomic E-state index is -1.15. The summed E-state index contributed by atoms with van der Waals surface area (Å²) in [5.41, 5.74) is 6.01. The standard InChI is InChI=1S/C30H54N6O5/c1-2-3-4-5-6-7-8-9-10-11-12-13-14-18-27(37)33-22-28(38)35-26(20-24-21-32-23-34-24)29(39)36-25(30(40)41)17-15-16-19-31/h21,23,25-26H,2-20,22,31H2,1H3,(H,32,34)(H,33,37)(H,35,38)(H,36,39)(H,40,41). The van der Waals surface area contributed by atoms with Crippen molar-refractivity contribution in [3.05, 3.63) is 18.2 Å². The molecule has 234 valence electrons. The number of amides is 3. The van der Waals surface area contributed by atoms with E-state index in [1.54, 1.807) is 6.20 Å². The van der Waals surface area contributed by atoms with Gasteiger partial charge in [-0.15, -0.1) is 0 Å². The summed E-state index contributed by atoms with van der Waals surface area (Å²) in [5.74, 6) is -2.52. The van der Waals surface area contributed by atoms with Gasteiger partial charge in [0.05, 0.1) is 18.6 Å². The van der Waals surface area contributed by atoms with Crippen molar-refractivity contribution in [3.63, 3.8) is 0 Å². The van der Waals surface area contributed by atoms with Crippen molar-refractivity contribution in [2.75, 3.05) is 13.1 Å². The summed E-state index contributed by atoms with van der Waals surface area (Å²) in [5, 5.41) is 17.2. The lowest BCUT2D eigenvalue weighted by molar-refractivity contribution is -0.142. The second-order valence-electron chi connectivity index (χ2n) is 10.8. The number of nitrogens with two attached hydrogens (primary N) is 1. The molecule has 1 aromatic rings. The second-order valence-corrected chi connectivity index (χ2v) is 10.8. The molecule has 3 amide bonds. The highest BCUT2D eigenvalue weighted by molar-refractivity contribution is 5.92. The van der Waals surface area contributed by atoms with E-state index in [1.807, 2.05) is 0 Å². The van der Waals surface area contributed by atoms with E-state index in [2.05, 4.69) is 32.8 Å². The summed E-state index contributed by atoms with van der Waals surface area (Å²) in [4.78, 5) is 56.2. The minimum Gasteiger partial charge on any atom is -0.480 e. The molecule has 0 aliphatic carbocycles. The number of imidazole rings is 1. The van der Waals surface area contributed by atoms with E-state index in [9.17, 15) is 24.3 Å². The number of aliphatic carboxylic acids is 1. The molecule has 1 heterocycles. The number of aromatic nitrogens is 2. The van der Waals surface area contributed by atoms with Crippen LogP contribution in [0.25, 0.3) is 0 Å². The third-order valence-electron chi connectivity index (χ3n) is 7.13. The highest BCUT2D eigenvalue weighted by Gasteiger charge is 2.27. The molecule has 41 heavy (non-hydrogen) atoms. The number of hydrogen-bond donors (Lipinski definition) is 6. The molecule has 2 unspecified atom stereocenters. The maximum absolute atomic E-state index is 12.9. The van der Waals surface area contributed by atoms with E-state index < -0.39 is 29.9 Å². The topological polar surface area (TPSA) is 179 Å². The Morgan fingerprint density at radius 1 is 0.829 bits per heavy atom. The molecule has 2 atom stereocenters. The average Bonchev–Trinajstić information content (AvgIpc) is 3.46. The van der Waals surface area contributed by atoms with Crippen LogP contribution in [0, 0.1) is 0 Å². The number of rotatable bonds is 26. The fourth-order valence-corrected chi connectivity index (χ4v) is 4.66. The molecule has 0 saturated carbocycles. The highest BCUT2D eigenvalue weighted by atomic mass is 16.4. The first kappa shape index (κ1) is 36.1. The lowest BCUT2D eigenvalue weighted by Gasteiger charge is -2.21. The Balaban J connectivity index is 2.31. The summed E-state index contributed by atoms with van der Waals surface area (Å²) in [6.07, 6.45) is 20.9. The van der Waals surface area contributed by atoms with E-state index in [-0.39, 0.29) is 25.3 Å². The number of hydrogen-bond acceptors (Lipinski definition) is 6. The number of carboxylic acids is 1. The molecule has 0 aliphatic heterocycles. The van der Waals surface area contributed by atoms with Gasteiger partial charge in [0.1, 0.15) is 12.1 Å². The Hall–Kier alpha value is -2.95. The lowest BCUT2D eigenvalue weighted by atomic mass is 10.0. The molecule has 7 N–H and O–H groups in total. The van der Waals surface area contributed by atoms with Crippen LogP contribution in [0.15, 0.2) is 12.5 Å². The number of nitrogens with one attached hydrogen (secondary N) is 4. The highest BCUT2D eigenvalue weighted by Crippen LogP contribution is 2.13. The van der Waals surface area contributed by atoms with Crippen LogP contribution in [0.2, 0.25) is 0 Å². The fourth-order valence-electron chi connectivity index (χ4n) is 4.66. The quantitative estimate of drug-likeness (QED) is 0.0906. The van der Waals surface area contributed by atoms with Crippen molar-refractivity contribution < 1.29 is 24.3 Å². The zero-order valence-electron chi connectivity index (χ0n) is 25.1. The second kappa shape index (κ2) is 23.7. The van der Waals surface area contributed by atoms with Crippen LogP contribution in [0.1, 0.15) is 122 Å². The average molecular weight is 579 g/mol. The molecule has 1 rings (SSSR count). The molecule has 0 fully saturated rings. The Morgan fingerprint density at radius 2 is 1.44 bits per heavy atom. The monoisotopic (exact) mass is 578 g/mol. The molecule has 1 aromatic heterocycles. The maximum Gasteiger partial charge on any atom is 0.326 e. The normalized spacial score (nSPS) is 12.4. The Labute approximate surface area is 245 Å². The first-order valence-electron chi connectivity index (χ1n) is 15.6. The summed E-state index contributed by atoms with van der Waals surface area (Å²) >= 11 is 0. The fraction of sp³-hybridized carbons (Fsp3) is 0.767. The van der Waals surface area contributed by atoms with Crippen LogP contribution in [0.5, 0.6) is 0 Å². The smallest absolute Gasteiger partial charge is 0.326 e. The Kier molecular flexibility index (Phi) is 20.9. The zero-order valence-corrected chi connectivity index (χ0v) is 25.1. The molecule has 0 radical (unpaired) electrons. The third-order valence-corrected chi connectivity index (χ3v) is 7.13. The maximum atomic E-state index is 12.9. The van der Waals surface area contributed by atoms with Crippen LogP contribution in [0.3, 0.4) is 0 Å². The molecule has 0 spiro atoms. The van der Waals surface area contributed by atoms with E-state index in [0.29, 0.717) is 31.5 Å². The van der Waals surface area contributed by atoms with Gasteiger partial charge >= 0.3 is 5.97 Å². The number of carboxylic acid groups (broad SMARTS) is 1. The molecule has 0 saturated heterocycles. The lowest BCUT2D eigenvalue weighted by Crippen LogP contribution is -2.54. The van der Waals surface area contributed by atoms with Gasteiger partial charge in [0, 0.05) is 19.0 Å². The van der Waals surface area contributed by atoms with E-state index in [1.165, 1.54) is 70.5 Å². The third kappa shape index (κ3) is 18.9. The largest absolute Gasteiger partial charge is 0.480 e. The van der Waals surface area contributed by atoms with Crippen LogP contribution < -0.4 is 21.7 Å². The molecular formula is C30H54N6O5. The van der Waals surface area contributed by atoms with Crippen LogP contribution >= 0.6 is 0 Å². The summed E-state index contributed by atoms with van der Waals surface area (Å²) < 4.78 is 0. The van der Waals surface area contributed by atoms with Crippen molar-refractivity contribution in [2.45, 2.75) is 135 Å². The summed E-state index contributed by atoms with van der Waals surface area (Å²) in [6.45, 7) is 2.41. The zero-order chi connectivity index (χ0) is 30.1. The van der Waals surface area contributed by atoms with E-state index >= 15 is 0 Å². The minimum absolute atomic E-state index is 0.0725. The molecular weight excluding hydrogens is 524 g/mol.